The maximum Gasteiger partial charge on any atom is 0.319 e. The van der Waals surface area contributed by atoms with E-state index < -0.39 is 5.54 Å². The first-order valence-electron chi connectivity index (χ1n) is 5.70. The number of hydrogen-bond donors (Lipinski definition) is 1. The zero-order valence-electron chi connectivity index (χ0n) is 11.2. The number of aryl methyl sites for hydroxylation is 1. The van der Waals surface area contributed by atoms with Gasteiger partial charge in [-0.05, 0) is 34.6 Å². The Balaban J connectivity index is 2.75. The van der Waals surface area contributed by atoms with Gasteiger partial charge in [0, 0.05) is 17.3 Å². The highest BCUT2D eigenvalue weighted by atomic mass is 16.5. The highest BCUT2D eigenvalue weighted by Gasteiger charge is 2.13. The Morgan fingerprint density at radius 2 is 2.00 bits per heavy atom. The predicted octanol–water partition coefficient (Wildman–Crippen LogP) is 1.69. The molecule has 96 valence electrons. The molecule has 0 aliphatic heterocycles. The average Bonchev–Trinajstić information content (AvgIpc) is 2.11. The van der Waals surface area contributed by atoms with E-state index in [1.54, 1.807) is 6.07 Å². The van der Waals surface area contributed by atoms with Crippen molar-refractivity contribution in [2.24, 2.45) is 5.73 Å². The topological polar surface area (TPSA) is 70.3 Å². The lowest BCUT2D eigenvalue weighted by molar-refractivity contribution is 0.207. The van der Waals surface area contributed by atoms with Gasteiger partial charge in [0.15, 0.2) is 0 Å². The lowest BCUT2D eigenvalue weighted by Crippen LogP contribution is -2.39. The molecule has 5 heteroatoms. The average molecular weight is 239 g/mol. The van der Waals surface area contributed by atoms with Crippen LogP contribution in [0, 0.1) is 6.92 Å². The van der Waals surface area contributed by atoms with Crippen molar-refractivity contribution in [3.63, 3.8) is 0 Å². The Morgan fingerprint density at radius 1 is 1.35 bits per heavy atom. The molecule has 0 radical (unpaired) electrons. The molecule has 1 aromatic heterocycles. The summed E-state index contributed by atoms with van der Waals surface area (Å²) in [6, 6.07) is 2.08. The molecule has 0 saturated heterocycles. The smallest absolute Gasteiger partial charge is 0.319 e. The normalized spacial score (nSPS) is 11.7. The molecule has 1 heterocycles. The molecule has 0 fully saturated rings. The Bertz CT molecular complexity index is 373. The lowest BCUT2D eigenvalue weighted by Gasteiger charge is -2.18. The minimum Gasteiger partial charge on any atom is -0.475 e. The van der Waals surface area contributed by atoms with Crippen LogP contribution in [0.1, 0.15) is 33.4 Å². The fourth-order valence-corrected chi connectivity index (χ4v) is 1.13. The number of hydrogen-bond acceptors (Lipinski definition) is 5. The summed E-state index contributed by atoms with van der Waals surface area (Å²) in [4.78, 5) is 8.34. The van der Waals surface area contributed by atoms with Crippen molar-refractivity contribution in [2.45, 2.75) is 46.3 Å². The van der Waals surface area contributed by atoms with E-state index in [0.29, 0.717) is 18.5 Å². The van der Waals surface area contributed by atoms with Crippen LogP contribution in [0.5, 0.6) is 11.9 Å². The summed E-state index contributed by atoms with van der Waals surface area (Å²) in [5, 5.41) is 0. The van der Waals surface area contributed by atoms with Crippen molar-refractivity contribution in [1.29, 1.82) is 0 Å². The van der Waals surface area contributed by atoms with Gasteiger partial charge in [0.2, 0.25) is 5.88 Å². The van der Waals surface area contributed by atoms with Crippen LogP contribution in [0.25, 0.3) is 0 Å². The zero-order chi connectivity index (χ0) is 13.1. The molecule has 0 unspecified atom stereocenters. The van der Waals surface area contributed by atoms with Gasteiger partial charge in [0.05, 0.1) is 6.10 Å². The molecule has 0 amide bonds. The Hall–Kier alpha value is -1.36. The summed E-state index contributed by atoms with van der Waals surface area (Å²) in [7, 11) is 0. The van der Waals surface area contributed by atoms with Gasteiger partial charge in [-0.1, -0.05) is 0 Å². The summed E-state index contributed by atoms with van der Waals surface area (Å²) in [5.74, 6) is 0.525. The Kier molecular flexibility index (Phi) is 4.28. The number of ether oxygens (including phenoxy) is 2. The van der Waals surface area contributed by atoms with E-state index in [-0.39, 0.29) is 6.10 Å². The summed E-state index contributed by atoms with van der Waals surface area (Å²) in [5.41, 5.74) is 6.22. The predicted molar refractivity (Wildman–Crippen MR) is 66.3 cm³/mol. The molecule has 0 spiro atoms. The molecule has 0 aliphatic rings. The third-order valence-corrected chi connectivity index (χ3v) is 1.74. The van der Waals surface area contributed by atoms with Crippen molar-refractivity contribution in [3.05, 3.63) is 11.8 Å². The van der Waals surface area contributed by atoms with Gasteiger partial charge >= 0.3 is 6.01 Å². The van der Waals surface area contributed by atoms with E-state index >= 15 is 0 Å². The van der Waals surface area contributed by atoms with Gasteiger partial charge < -0.3 is 15.2 Å². The highest BCUT2D eigenvalue weighted by molar-refractivity contribution is 5.17. The largest absolute Gasteiger partial charge is 0.475 e. The monoisotopic (exact) mass is 239 g/mol. The number of rotatable bonds is 5. The Morgan fingerprint density at radius 3 is 2.53 bits per heavy atom. The highest BCUT2D eigenvalue weighted by Crippen LogP contribution is 2.15. The first kappa shape index (κ1) is 13.7. The molecule has 17 heavy (non-hydrogen) atoms. The maximum atomic E-state index is 5.83. The summed E-state index contributed by atoms with van der Waals surface area (Å²) in [6.07, 6.45) is 0.0723. The van der Waals surface area contributed by atoms with E-state index in [0.717, 1.165) is 5.69 Å². The number of aromatic nitrogens is 2. The van der Waals surface area contributed by atoms with Crippen LogP contribution in [-0.4, -0.2) is 28.2 Å². The fourth-order valence-electron chi connectivity index (χ4n) is 1.13. The number of nitrogens with two attached hydrogens (primary N) is 1. The quantitative estimate of drug-likeness (QED) is 0.846. The molecule has 0 aromatic carbocycles. The van der Waals surface area contributed by atoms with Crippen molar-refractivity contribution in [1.82, 2.24) is 9.97 Å². The van der Waals surface area contributed by atoms with Crippen LogP contribution >= 0.6 is 0 Å². The van der Waals surface area contributed by atoms with Crippen LogP contribution in [0.15, 0.2) is 6.07 Å². The molecule has 5 nitrogen and oxygen atoms in total. The van der Waals surface area contributed by atoms with E-state index in [9.17, 15) is 0 Å². The van der Waals surface area contributed by atoms with Gasteiger partial charge in [-0.3, -0.25) is 0 Å². The summed E-state index contributed by atoms with van der Waals surface area (Å²) in [6.45, 7) is 9.89. The van der Waals surface area contributed by atoms with Crippen molar-refractivity contribution in [3.8, 4) is 11.9 Å². The number of nitrogens with zero attached hydrogens (tertiary/aromatic N) is 2. The first-order chi connectivity index (χ1) is 7.76. The van der Waals surface area contributed by atoms with Crippen molar-refractivity contribution >= 4 is 0 Å². The summed E-state index contributed by atoms with van der Waals surface area (Å²) < 4.78 is 11.0. The second-order valence-electron chi connectivity index (χ2n) is 5.07. The van der Waals surface area contributed by atoms with Gasteiger partial charge in [0.1, 0.15) is 6.61 Å². The van der Waals surface area contributed by atoms with Crippen LogP contribution in [0.4, 0.5) is 0 Å². The minimum atomic E-state index is -0.411. The van der Waals surface area contributed by atoms with Crippen LogP contribution in [-0.2, 0) is 0 Å². The Labute approximate surface area is 102 Å². The molecule has 0 aliphatic carbocycles. The second-order valence-corrected chi connectivity index (χ2v) is 5.07. The molecule has 0 saturated carbocycles. The molecule has 1 rings (SSSR count). The maximum absolute atomic E-state index is 5.83. The van der Waals surface area contributed by atoms with E-state index in [2.05, 4.69) is 9.97 Å². The third kappa shape index (κ3) is 5.49. The van der Waals surface area contributed by atoms with E-state index in [1.807, 2.05) is 34.6 Å². The summed E-state index contributed by atoms with van der Waals surface area (Å²) >= 11 is 0. The molecule has 0 bridgehead atoms. The molecule has 0 atom stereocenters. The van der Waals surface area contributed by atoms with E-state index in [1.165, 1.54) is 0 Å². The molecular weight excluding hydrogens is 218 g/mol. The van der Waals surface area contributed by atoms with E-state index in [4.69, 9.17) is 15.2 Å². The van der Waals surface area contributed by atoms with Crippen molar-refractivity contribution in [2.75, 3.05) is 6.61 Å². The van der Waals surface area contributed by atoms with Gasteiger partial charge in [-0.25, -0.2) is 4.98 Å². The first-order valence-corrected chi connectivity index (χ1v) is 5.70. The third-order valence-electron chi connectivity index (χ3n) is 1.74. The van der Waals surface area contributed by atoms with Crippen LogP contribution in [0.3, 0.4) is 0 Å². The molecule has 1 aromatic rings. The van der Waals surface area contributed by atoms with Gasteiger partial charge in [-0.2, -0.15) is 4.98 Å². The van der Waals surface area contributed by atoms with Gasteiger partial charge in [0.25, 0.3) is 0 Å². The standard InChI is InChI=1S/C12H21N3O2/c1-8(2)17-10-6-9(3)14-11(15-10)16-7-12(4,5)13/h6,8H,7,13H2,1-5H3. The lowest BCUT2D eigenvalue weighted by atomic mass is 10.1. The SMILES string of the molecule is Cc1cc(OC(C)C)nc(OCC(C)(C)N)n1. The van der Waals surface area contributed by atoms with Crippen LogP contribution < -0.4 is 15.2 Å². The van der Waals surface area contributed by atoms with Gasteiger partial charge in [-0.15, -0.1) is 0 Å². The zero-order valence-corrected chi connectivity index (χ0v) is 11.2. The molecular formula is C12H21N3O2. The minimum absolute atomic E-state index is 0.0723. The molecule has 2 N–H and O–H groups in total. The van der Waals surface area contributed by atoms with Crippen molar-refractivity contribution < 1.29 is 9.47 Å². The fraction of sp³-hybridized carbons (Fsp3) is 0.667. The van der Waals surface area contributed by atoms with Crippen LogP contribution in [0.2, 0.25) is 0 Å². The second kappa shape index (κ2) is 5.31.